The molecule has 0 aliphatic rings. The van der Waals surface area contributed by atoms with Crippen molar-refractivity contribution in [2.24, 2.45) is 0 Å². The van der Waals surface area contributed by atoms with Crippen molar-refractivity contribution in [2.45, 2.75) is 36.5 Å². The lowest BCUT2D eigenvalue weighted by Crippen LogP contribution is -2.48. The molecule has 0 nitrogen and oxygen atoms in total. The Hall–Kier alpha value is -2.77. The SMILES string of the molecule is Cc1ccccc1SCC(C)(c1ccccc1)C(C)(c1ccccc1)c1ccccc1. The smallest absolute Gasteiger partial charge is 0.0276 e. The van der Waals surface area contributed by atoms with Crippen LogP contribution in [0.15, 0.2) is 120 Å². The van der Waals surface area contributed by atoms with Gasteiger partial charge in [0.25, 0.3) is 0 Å². The van der Waals surface area contributed by atoms with Crippen molar-refractivity contribution in [3.63, 3.8) is 0 Å². The topological polar surface area (TPSA) is 0 Å². The van der Waals surface area contributed by atoms with Crippen molar-refractivity contribution >= 4 is 11.8 Å². The molecule has 0 amide bonds. The summed E-state index contributed by atoms with van der Waals surface area (Å²) in [5, 5.41) is 0. The second-order valence-corrected chi connectivity index (χ2v) is 9.63. The van der Waals surface area contributed by atoms with Crippen LogP contribution < -0.4 is 0 Å². The summed E-state index contributed by atoms with van der Waals surface area (Å²) in [6.07, 6.45) is 0. The normalized spacial score (nSPS) is 13.5. The highest BCUT2D eigenvalue weighted by Crippen LogP contribution is 2.51. The lowest BCUT2D eigenvalue weighted by Gasteiger charge is -2.48. The standard InChI is InChI=1S/C30H30S/c1-24-15-13-14-22-28(24)31-23-29(2,25-16-7-4-8-17-25)30(3,26-18-9-5-10-19-26)27-20-11-6-12-21-27/h4-22H,23H2,1-3H3. The van der Waals surface area contributed by atoms with Crippen molar-refractivity contribution in [3.8, 4) is 0 Å². The Kier molecular flexibility index (Phi) is 6.34. The van der Waals surface area contributed by atoms with Gasteiger partial charge in [-0.05, 0) is 35.2 Å². The number of aryl methyl sites for hydroxylation is 1. The maximum Gasteiger partial charge on any atom is 0.0276 e. The van der Waals surface area contributed by atoms with Gasteiger partial charge in [0, 0.05) is 21.5 Å². The van der Waals surface area contributed by atoms with Gasteiger partial charge in [-0.3, -0.25) is 0 Å². The average molecular weight is 423 g/mol. The zero-order valence-corrected chi connectivity index (χ0v) is 19.4. The monoisotopic (exact) mass is 422 g/mol. The van der Waals surface area contributed by atoms with Crippen LogP contribution >= 0.6 is 11.8 Å². The zero-order chi connectivity index (χ0) is 21.7. The second kappa shape index (κ2) is 9.16. The summed E-state index contributed by atoms with van der Waals surface area (Å²) in [4.78, 5) is 1.35. The number of hydrogen-bond acceptors (Lipinski definition) is 1. The van der Waals surface area contributed by atoms with E-state index in [0.29, 0.717) is 0 Å². The Morgan fingerprint density at radius 2 is 0.968 bits per heavy atom. The molecule has 0 aromatic heterocycles. The minimum absolute atomic E-state index is 0.135. The lowest BCUT2D eigenvalue weighted by atomic mass is 9.57. The van der Waals surface area contributed by atoms with Crippen molar-refractivity contribution in [3.05, 3.63) is 138 Å². The molecular weight excluding hydrogens is 392 g/mol. The van der Waals surface area contributed by atoms with Gasteiger partial charge in [-0.1, -0.05) is 123 Å². The van der Waals surface area contributed by atoms with Crippen molar-refractivity contribution < 1.29 is 0 Å². The summed E-state index contributed by atoms with van der Waals surface area (Å²) in [7, 11) is 0. The van der Waals surface area contributed by atoms with Gasteiger partial charge in [0.2, 0.25) is 0 Å². The molecule has 0 heterocycles. The van der Waals surface area contributed by atoms with Crippen LogP contribution in [0.25, 0.3) is 0 Å². The zero-order valence-electron chi connectivity index (χ0n) is 18.6. The Bertz CT molecular complexity index is 1060. The van der Waals surface area contributed by atoms with Crippen LogP contribution in [-0.2, 0) is 10.8 Å². The summed E-state index contributed by atoms with van der Waals surface area (Å²) in [5.41, 5.74) is 5.06. The first-order valence-electron chi connectivity index (χ1n) is 10.9. The Balaban J connectivity index is 1.90. The minimum atomic E-state index is -0.202. The lowest BCUT2D eigenvalue weighted by molar-refractivity contribution is 0.337. The first-order chi connectivity index (χ1) is 15.1. The largest absolute Gasteiger partial charge is 0.125 e. The molecule has 31 heavy (non-hydrogen) atoms. The predicted molar refractivity (Wildman–Crippen MR) is 135 cm³/mol. The van der Waals surface area contributed by atoms with E-state index < -0.39 is 0 Å². The fourth-order valence-corrected chi connectivity index (χ4v) is 5.98. The fraction of sp³-hybridized carbons (Fsp3) is 0.200. The third-order valence-corrected chi connectivity index (χ3v) is 8.32. The van der Waals surface area contributed by atoms with Crippen LogP contribution in [-0.4, -0.2) is 5.75 Å². The van der Waals surface area contributed by atoms with Crippen molar-refractivity contribution in [1.82, 2.24) is 0 Å². The molecule has 0 aliphatic heterocycles. The van der Waals surface area contributed by atoms with Crippen molar-refractivity contribution in [2.75, 3.05) is 5.75 Å². The van der Waals surface area contributed by atoms with E-state index in [2.05, 4.69) is 136 Å². The van der Waals surface area contributed by atoms with Gasteiger partial charge in [-0.25, -0.2) is 0 Å². The molecule has 0 radical (unpaired) electrons. The highest BCUT2D eigenvalue weighted by molar-refractivity contribution is 7.99. The maximum atomic E-state index is 2.44. The van der Waals surface area contributed by atoms with Crippen molar-refractivity contribution in [1.29, 1.82) is 0 Å². The maximum absolute atomic E-state index is 2.44. The number of hydrogen-bond donors (Lipinski definition) is 0. The van der Waals surface area contributed by atoms with Crippen LogP contribution in [0.2, 0.25) is 0 Å². The Morgan fingerprint density at radius 1 is 0.548 bits per heavy atom. The molecule has 0 aliphatic carbocycles. The van der Waals surface area contributed by atoms with E-state index >= 15 is 0 Å². The fourth-order valence-electron chi connectivity index (χ4n) is 4.61. The van der Waals surface area contributed by atoms with Gasteiger partial charge in [-0.2, -0.15) is 0 Å². The van der Waals surface area contributed by atoms with Crippen LogP contribution in [0, 0.1) is 6.92 Å². The quantitative estimate of drug-likeness (QED) is 0.271. The van der Waals surface area contributed by atoms with E-state index in [0.717, 1.165) is 5.75 Å². The first-order valence-corrected chi connectivity index (χ1v) is 11.9. The average Bonchev–Trinajstić information content (AvgIpc) is 2.84. The van der Waals surface area contributed by atoms with E-state index in [9.17, 15) is 0 Å². The van der Waals surface area contributed by atoms with E-state index in [-0.39, 0.29) is 10.8 Å². The molecule has 1 heteroatoms. The number of benzene rings is 4. The van der Waals surface area contributed by atoms with Gasteiger partial charge in [-0.15, -0.1) is 11.8 Å². The molecule has 4 aromatic carbocycles. The third-order valence-electron chi connectivity index (χ3n) is 6.83. The highest BCUT2D eigenvalue weighted by Gasteiger charge is 2.48. The number of thioether (sulfide) groups is 1. The van der Waals surface area contributed by atoms with Crippen LogP contribution in [0.1, 0.15) is 36.1 Å². The molecule has 0 spiro atoms. The molecule has 1 unspecified atom stereocenters. The van der Waals surface area contributed by atoms with Crippen LogP contribution in [0.3, 0.4) is 0 Å². The van der Waals surface area contributed by atoms with Gasteiger partial charge < -0.3 is 0 Å². The highest BCUT2D eigenvalue weighted by atomic mass is 32.2. The molecule has 0 saturated carbocycles. The molecule has 1 atom stereocenters. The summed E-state index contributed by atoms with van der Waals surface area (Å²) < 4.78 is 0. The third kappa shape index (κ3) is 4.07. The summed E-state index contributed by atoms with van der Waals surface area (Å²) in [5.74, 6) is 0.974. The van der Waals surface area contributed by atoms with Gasteiger partial charge >= 0.3 is 0 Å². The summed E-state index contributed by atoms with van der Waals surface area (Å²) >= 11 is 1.97. The van der Waals surface area contributed by atoms with Gasteiger partial charge in [0.1, 0.15) is 0 Å². The van der Waals surface area contributed by atoms with E-state index in [1.165, 1.54) is 27.1 Å². The molecule has 156 valence electrons. The predicted octanol–water partition coefficient (Wildman–Crippen LogP) is 8.05. The molecule has 0 N–H and O–H groups in total. The summed E-state index contributed by atoms with van der Waals surface area (Å²) in [6, 6.07) is 41.8. The molecule has 4 aromatic rings. The molecule has 0 fully saturated rings. The second-order valence-electron chi connectivity index (χ2n) is 8.61. The molecule has 4 rings (SSSR count). The molecular formula is C30H30S. The van der Waals surface area contributed by atoms with Crippen LogP contribution in [0.5, 0.6) is 0 Å². The Labute approximate surface area is 191 Å². The van der Waals surface area contributed by atoms with Gasteiger partial charge in [0.15, 0.2) is 0 Å². The summed E-state index contributed by atoms with van der Waals surface area (Å²) in [6.45, 7) is 7.06. The van der Waals surface area contributed by atoms with E-state index in [1.807, 2.05) is 11.8 Å². The Morgan fingerprint density at radius 3 is 1.45 bits per heavy atom. The molecule has 0 bridgehead atoms. The first kappa shape index (κ1) is 21.5. The number of rotatable bonds is 7. The van der Waals surface area contributed by atoms with E-state index in [1.54, 1.807) is 0 Å². The van der Waals surface area contributed by atoms with E-state index in [4.69, 9.17) is 0 Å². The minimum Gasteiger partial charge on any atom is -0.125 e. The molecule has 0 saturated heterocycles. The van der Waals surface area contributed by atoms with Gasteiger partial charge in [0.05, 0.1) is 0 Å². The van der Waals surface area contributed by atoms with Crippen LogP contribution in [0.4, 0.5) is 0 Å².